The number of ether oxygens (including phenoxy) is 1. The molecule has 1 aromatic heterocycles. The zero-order chi connectivity index (χ0) is 20.9. The molecule has 158 valence electrons. The summed E-state index contributed by atoms with van der Waals surface area (Å²) in [5, 5.41) is 6.43. The summed E-state index contributed by atoms with van der Waals surface area (Å²) in [5.74, 6) is 0.650. The molecule has 0 radical (unpaired) electrons. The van der Waals surface area contributed by atoms with E-state index in [0.29, 0.717) is 30.9 Å². The number of furan rings is 1. The number of para-hydroxylation sites is 2. The van der Waals surface area contributed by atoms with Gasteiger partial charge in [-0.05, 0) is 43.5 Å². The van der Waals surface area contributed by atoms with Gasteiger partial charge in [-0.15, -0.1) is 0 Å². The molecule has 30 heavy (non-hydrogen) atoms. The van der Waals surface area contributed by atoms with Crippen LogP contribution in [0.3, 0.4) is 0 Å². The first-order valence-corrected chi connectivity index (χ1v) is 10.4. The molecule has 1 aromatic carbocycles. The zero-order valence-corrected chi connectivity index (χ0v) is 17.1. The van der Waals surface area contributed by atoms with Crippen LogP contribution < -0.4 is 15.5 Å². The SMILES string of the molecule is COCCCNC(=O)CN1c2ccccc2NC2=C(C(=O)CCC2)[C@H]1c1ccco1. The van der Waals surface area contributed by atoms with Crippen molar-refractivity contribution in [2.75, 3.05) is 37.0 Å². The Morgan fingerprint density at radius 2 is 2.13 bits per heavy atom. The number of nitrogens with one attached hydrogen (secondary N) is 2. The smallest absolute Gasteiger partial charge is 0.239 e. The van der Waals surface area contributed by atoms with Gasteiger partial charge < -0.3 is 24.7 Å². The van der Waals surface area contributed by atoms with E-state index in [1.54, 1.807) is 13.4 Å². The Kier molecular flexibility index (Phi) is 6.18. The van der Waals surface area contributed by atoms with Crippen LogP contribution in [0.5, 0.6) is 0 Å². The van der Waals surface area contributed by atoms with Gasteiger partial charge in [-0.3, -0.25) is 9.59 Å². The molecule has 0 spiro atoms. The average molecular weight is 409 g/mol. The molecule has 4 rings (SSSR count). The lowest BCUT2D eigenvalue weighted by Gasteiger charge is -2.33. The van der Waals surface area contributed by atoms with Gasteiger partial charge in [0.25, 0.3) is 0 Å². The first-order valence-electron chi connectivity index (χ1n) is 10.4. The number of anilines is 2. The lowest BCUT2D eigenvalue weighted by molar-refractivity contribution is -0.120. The number of hydrogen-bond donors (Lipinski definition) is 2. The Labute approximate surface area is 176 Å². The Hall–Kier alpha value is -3.06. The van der Waals surface area contributed by atoms with Crippen molar-refractivity contribution in [2.45, 2.75) is 31.7 Å². The third-order valence-electron chi connectivity index (χ3n) is 5.51. The summed E-state index contributed by atoms with van der Waals surface area (Å²) in [5.41, 5.74) is 3.37. The maximum absolute atomic E-state index is 13.0. The van der Waals surface area contributed by atoms with Crippen molar-refractivity contribution < 1.29 is 18.7 Å². The molecule has 0 unspecified atom stereocenters. The summed E-state index contributed by atoms with van der Waals surface area (Å²) < 4.78 is 10.8. The van der Waals surface area contributed by atoms with Gasteiger partial charge in [0.15, 0.2) is 5.78 Å². The fourth-order valence-electron chi connectivity index (χ4n) is 4.17. The summed E-state index contributed by atoms with van der Waals surface area (Å²) >= 11 is 0. The summed E-state index contributed by atoms with van der Waals surface area (Å²) in [6.07, 6.45) is 4.47. The van der Waals surface area contributed by atoms with Crippen LogP contribution in [-0.4, -0.2) is 38.5 Å². The average Bonchev–Trinajstić information content (AvgIpc) is 3.23. The van der Waals surface area contributed by atoms with Gasteiger partial charge in [-0.2, -0.15) is 0 Å². The Morgan fingerprint density at radius 1 is 1.27 bits per heavy atom. The van der Waals surface area contributed by atoms with E-state index in [2.05, 4.69) is 10.6 Å². The third kappa shape index (κ3) is 4.11. The van der Waals surface area contributed by atoms with E-state index < -0.39 is 6.04 Å². The standard InChI is InChI=1S/C23H27N3O4/c1-29-13-6-12-24-21(28)15-26-18-9-3-2-7-16(18)25-17-8-4-10-19(27)22(17)23(26)20-11-5-14-30-20/h2-3,5,7,9,11,14,23,25H,4,6,8,10,12-13,15H2,1H3,(H,24,28)/t23-/m1/s1. The second-order valence-corrected chi connectivity index (χ2v) is 7.55. The molecule has 2 aromatic rings. The monoisotopic (exact) mass is 409 g/mol. The number of amides is 1. The van der Waals surface area contributed by atoms with Gasteiger partial charge in [0.1, 0.15) is 11.8 Å². The van der Waals surface area contributed by atoms with Crippen LogP contribution in [0, 0.1) is 0 Å². The first-order chi connectivity index (χ1) is 14.7. The van der Waals surface area contributed by atoms with Crippen molar-refractivity contribution in [3.63, 3.8) is 0 Å². The number of fused-ring (bicyclic) bond motifs is 1. The van der Waals surface area contributed by atoms with E-state index in [0.717, 1.165) is 36.3 Å². The zero-order valence-electron chi connectivity index (χ0n) is 17.1. The molecule has 0 bridgehead atoms. The van der Waals surface area contributed by atoms with Crippen molar-refractivity contribution in [3.05, 3.63) is 59.7 Å². The number of carbonyl (C=O) groups is 2. The van der Waals surface area contributed by atoms with Crippen molar-refractivity contribution in [1.82, 2.24) is 5.32 Å². The van der Waals surface area contributed by atoms with Gasteiger partial charge in [0.05, 0.1) is 24.2 Å². The number of Topliss-reactive ketones (excluding diaryl/α,β-unsaturated/α-hetero) is 1. The van der Waals surface area contributed by atoms with E-state index in [1.165, 1.54) is 0 Å². The Bertz CT molecular complexity index is 936. The summed E-state index contributed by atoms with van der Waals surface area (Å²) in [6, 6.07) is 11.1. The minimum Gasteiger partial charge on any atom is -0.467 e. The van der Waals surface area contributed by atoms with Crippen LogP contribution in [0.2, 0.25) is 0 Å². The molecule has 1 atom stereocenters. The van der Waals surface area contributed by atoms with E-state index in [1.807, 2.05) is 41.3 Å². The number of nitrogens with zero attached hydrogens (tertiary/aromatic N) is 1. The number of methoxy groups -OCH3 is 1. The number of rotatable bonds is 7. The highest BCUT2D eigenvalue weighted by molar-refractivity contribution is 6.01. The minimum absolute atomic E-state index is 0.100. The molecule has 1 amide bonds. The largest absolute Gasteiger partial charge is 0.467 e. The molecule has 2 aliphatic rings. The summed E-state index contributed by atoms with van der Waals surface area (Å²) in [7, 11) is 1.64. The lowest BCUT2D eigenvalue weighted by atomic mass is 9.88. The number of hydrogen-bond acceptors (Lipinski definition) is 6. The topological polar surface area (TPSA) is 83.8 Å². The third-order valence-corrected chi connectivity index (χ3v) is 5.51. The molecule has 7 nitrogen and oxygen atoms in total. The second kappa shape index (κ2) is 9.17. The van der Waals surface area contributed by atoms with E-state index in [-0.39, 0.29) is 18.2 Å². The molecular weight excluding hydrogens is 382 g/mol. The summed E-state index contributed by atoms with van der Waals surface area (Å²) in [6.45, 7) is 1.25. The fourth-order valence-corrected chi connectivity index (χ4v) is 4.17. The predicted octanol–water partition coefficient (Wildman–Crippen LogP) is 3.41. The minimum atomic E-state index is -0.455. The Morgan fingerprint density at radius 3 is 2.93 bits per heavy atom. The highest BCUT2D eigenvalue weighted by Gasteiger charge is 2.38. The first kappa shape index (κ1) is 20.2. The fraction of sp³-hybridized carbons (Fsp3) is 0.391. The molecule has 1 aliphatic carbocycles. The van der Waals surface area contributed by atoms with Crippen molar-refractivity contribution >= 4 is 23.1 Å². The predicted molar refractivity (Wildman–Crippen MR) is 114 cm³/mol. The number of ketones is 1. The molecule has 2 heterocycles. The molecular formula is C23H27N3O4. The van der Waals surface area contributed by atoms with Crippen molar-refractivity contribution in [1.29, 1.82) is 0 Å². The van der Waals surface area contributed by atoms with Crippen LogP contribution in [0.1, 0.15) is 37.5 Å². The number of allylic oxidation sites excluding steroid dienone is 1. The van der Waals surface area contributed by atoms with E-state index in [4.69, 9.17) is 9.15 Å². The van der Waals surface area contributed by atoms with E-state index in [9.17, 15) is 9.59 Å². The number of benzene rings is 1. The Balaban J connectivity index is 1.73. The molecule has 0 saturated carbocycles. The van der Waals surface area contributed by atoms with Gasteiger partial charge in [-0.25, -0.2) is 0 Å². The molecule has 0 saturated heterocycles. The van der Waals surface area contributed by atoms with Gasteiger partial charge in [0.2, 0.25) is 5.91 Å². The van der Waals surface area contributed by atoms with Crippen LogP contribution in [0.15, 0.2) is 58.3 Å². The van der Waals surface area contributed by atoms with Crippen molar-refractivity contribution in [3.8, 4) is 0 Å². The molecule has 2 N–H and O–H groups in total. The maximum Gasteiger partial charge on any atom is 0.239 e. The van der Waals surface area contributed by atoms with E-state index >= 15 is 0 Å². The molecule has 1 aliphatic heterocycles. The normalized spacial score (nSPS) is 18.4. The lowest BCUT2D eigenvalue weighted by Crippen LogP contribution is -2.41. The van der Waals surface area contributed by atoms with Crippen LogP contribution in [0.25, 0.3) is 0 Å². The van der Waals surface area contributed by atoms with Gasteiger partial charge in [0, 0.05) is 38.0 Å². The quantitative estimate of drug-likeness (QED) is 0.682. The highest BCUT2D eigenvalue weighted by atomic mass is 16.5. The van der Waals surface area contributed by atoms with Gasteiger partial charge >= 0.3 is 0 Å². The molecule has 7 heteroatoms. The second-order valence-electron chi connectivity index (χ2n) is 7.55. The van der Waals surface area contributed by atoms with Crippen molar-refractivity contribution in [2.24, 2.45) is 0 Å². The van der Waals surface area contributed by atoms with Crippen LogP contribution in [0.4, 0.5) is 11.4 Å². The van der Waals surface area contributed by atoms with Crippen LogP contribution in [-0.2, 0) is 14.3 Å². The number of carbonyl (C=O) groups excluding carboxylic acids is 2. The van der Waals surface area contributed by atoms with Crippen LogP contribution >= 0.6 is 0 Å². The summed E-state index contributed by atoms with van der Waals surface area (Å²) in [4.78, 5) is 27.8. The molecule has 0 fully saturated rings. The van der Waals surface area contributed by atoms with Gasteiger partial charge in [-0.1, -0.05) is 12.1 Å². The maximum atomic E-state index is 13.0. The highest BCUT2D eigenvalue weighted by Crippen LogP contribution is 2.44.